The molecule has 3 aromatic carbocycles. The van der Waals surface area contributed by atoms with E-state index < -0.39 is 5.97 Å². The first kappa shape index (κ1) is 25.2. The molecule has 0 radical (unpaired) electrons. The molecule has 1 aliphatic rings. The van der Waals surface area contributed by atoms with Gasteiger partial charge in [0.05, 0.1) is 20.8 Å². The average molecular weight is 484 g/mol. The zero-order chi connectivity index (χ0) is 25.3. The van der Waals surface area contributed by atoms with E-state index in [4.69, 9.17) is 9.47 Å². The molecule has 0 aromatic heterocycles. The fraction of sp³-hybridized carbons (Fsp3) is 0.290. The molecule has 0 unspecified atom stereocenters. The van der Waals surface area contributed by atoms with Gasteiger partial charge in [-0.3, -0.25) is 4.79 Å². The lowest BCUT2D eigenvalue weighted by Gasteiger charge is -2.30. The minimum Gasteiger partial charge on any atom is -0.497 e. The van der Waals surface area contributed by atoms with Crippen molar-refractivity contribution >= 4 is 23.6 Å². The minimum absolute atomic E-state index is 0.0478. The molecule has 0 N–H and O–H groups in total. The first-order chi connectivity index (χ1) is 17.6. The number of esters is 1. The normalized spacial score (nSPS) is 13.9. The number of benzene rings is 3. The van der Waals surface area contributed by atoms with Crippen LogP contribution in [-0.4, -0.2) is 26.1 Å². The third-order valence-electron chi connectivity index (χ3n) is 6.73. The van der Waals surface area contributed by atoms with Gasteiger partial charge in [0.1, 0.15) is 5.75 Å². The van der Waals surface area contributed by atoms with Gasteiger partial charge < -0.3 is 14.4 Å². The summed E-state index contributed by atoms with van der Waals surface area (Å²) < 4.78 is 9.96. The van der Waals surface area contributed by atoms with Gasteiger partial charge >= 0.3 is 5.97 Å². The molecule has 0 atom stereocenters. The minimum atomic E-state index is -0.410. The number of carbonyl (C=O) groups is 2. The Morgan fingerprint density at radius 1 is 0.889 bits per heavy atom. The smallest absolute Gasteiger partial charge is 0.330 e. The summed E-state index contributed by atoms with van der Waals surface area (Å²) in [5.74, 6) is 0.637. The fourth-order valence-corrected chi connectivity index (χ4v) is 4.66. The maximum Gasteiger partial charge on any atom is 0.330 e. The molecule has 0 spiro atoms. The van der Waals surface area contributed by atoms with E-state index in [1.807, 2.05) is 53.4 Å². The molecular formula is C31H33NO4. The monoisotopic (exact) mass is 483 g/mol. The van der Waals surface area contributed by atoms with Crippen molar-refractivity contribution < 1.29 is 19.1 Å². The van der Waals surface area contributed by atoms with Crippen LogP contribution in [-0.2, 0) is 20.9 Å². The number of carbonyl (C=O) groups excluding carboxylic acids is 2. The summed E-state index contributed by atoms with van der Waals surface area (Å²) in [7, 11) is 3.02. The fourth-order valence-electron chi connectivity index (χ4n) is 4.66. The maximum absolute atomic E-state index is 13.7. The second kappa shape index (κ2) is 12.2. The summed E-state index contributed by atoms with van der Waals surface area (Å²) in [5.41, 5.74) is 4.96. The highest BCUT2D eigenvalue weighted by molar-refractivity contribution is 5.95. The molecule has 36 heavy (non-hydrogen) atoms. The van der Waals surface area contributed by atoms with Gasteiger partial charge in [0.15, 0.2) is 0 Å². The van der Waals surface area contributed by atoms with Crippen molar-refractivity contribution in [2.45, 2.75) is 38.6 Å². The summed E-state index contributed by atoms with van der Waals surface area (Å²) in [6.45, 7) is 0.488. The van der Waals surface area contributed by atoms with E-state index in [9.17, 15) is 9.59 Å². The van der Waals surface area contributed by atoms with E-state index in [-0.39, 0.29) is 11.8 Å². The molecule has 0 bridgehead atoms. The number of anilines is 1. The van der Waals surface area contributed by atoms with Crippen LogP contribution >= 0.6 is 0 Å². The Morgan fingerprint density at radius 3 is 2.19 bits per heavy atom. The summed E-state index contributed by atoms with van der Waals surface area (Å²) >= 11 is 0. The quantitative estimate of drug-likeness (QED) is 0.265. The van der Waals surface area contributed by atoms with Gasteiger partial charge in [0.25, 0.3) is 0 Å². The summed E-state index contributed by atoms with van der Waals surface area (Å²) in [5, 5.41) is 0. The highest BCUT2D eigenvalue weighted by Gasteiger charge is 2.27. The lowest BCUT2D eigenvalue weighted by Crippen LogP contribution is -2.36. The van der Waals surface area contributed by atoms with Gasteiger partial charge in [-0.1, -0.05) is 67.8 Å². The van der Waals surface area contributed by atoms with Crippen LogP contribution in [0.1, 0.15) is 43.2 Å². The SMILES string of the molecule is COC(=O)/C=C/c1cccc(N(Cc2ccc(-c3ccc(OC)cc3)cc2)C(=O)C2CCCCC2)c1. The Balaban J connectivity index is 1.59. The van der Waals surface area contributed by atoms with Crippen molar-refractivity contribution in [3.63, 3.8) is 0 Å². The van der Waals surface area contributed by atoms with Crippen molar-refractivity contribution in [1.29, 1.82) is 0 Å². The molecule has 0 heterocycles. The van der Waals surface area contributed by atoms with E-state index in [1.165, 1.54) is 19.6 Å². The lowest BCUT2D eigenvalue weighted by atomic mass is 9.88. The molecule has 0 aliphatic heterocycles. The summed E-state index contributed by atoms with van der Waals surface area (Å²) in [4.78, 5) is 27.1. The number of nitrogens with zero attached hydrogens (tertiary/aromatic N) is 1. The van der Waals surface area contributed by atoms with Gasteiger partial charge in [-0.25, -0.2) is 4.79 Å². The molecule has 3 aromatic rings. The van der Waals surface area contributed by atoms with Gasteiger partial charge in [-0.2, -0.15) is 0 Å². The predicted octanol–water partition coefficient (Wildman–Crippen LogP) is 6.66. The Kier molecular flexibility index (Phi) is 8.56. The van der Waals surface area contributed by atoms with Crippen LogP contribution < -0.4 is 9.64 Å². The Labute approximate surface area is 213 Å². The van der Waals surface area contributed by atoms with Crippen molar-refractivity contribution in [3.8, 4) is 16.9 Å². The molecule has 5 nitrogen and oxygen atoms in total. The Hall–Kier alpha value is -3.86. The number of hydrogen-bond donors (Lipinski definition) is 0. The third-order valence-corrected chi connectivity index (χ3v) is 6.73. The van der Waals surface area contributed by atoms with Crippen molar-refractivity contribution in [1.82, 2.24) is 0 Å². The van der Waals surface area contributed by atoms with Crippen LogP contribution in [0, 0.1) is 5.92 Å². The molecular weight excluding hydrogens is 450 g/mol. The molecule has 1 fully saturated rings. The van der Waals surface area contributed by atoms with Crippen LogP contribution in [0.3, 0.4) is 0 Å². The van der Waals surface area contributed by atoms with E-state index in [1.54, 1.807) is 13.2 Å². The lowest BCUT2D eigenvalue weighted by molar-refractivity contribution is -0.134. The Morgan fingerprint density at radius 2 is 1.56 bits per heavy atom. The van der Waals surface area contributed by atoms with Gasteiger partial charge in [0, 0.05) is 17.7 Å². The first-order valence-corrected chi connectivity index (χ1v) is 12.5. The number of methoxy groups -OCH3 is 2. The summed E-state index contributed by atoms with van der Waals surface area (Å²) in [6, 6.07) is 24.1. The van der Waals surface area contributed by atoms with Gasteiger partial charge in [-0.15, -0.1) is 0 Å². The first-order valence-electron chi connectivity index (χ1n) is 12.5. The molecule has 186 valence electrons. The van der Waals surface area contributed by atoms with Gasteiger partial charge in [-0.05, 0) is 65.4 Å². The van der Waals surface area contributed by atoms with Gasteiger partial charge in [0.2, 0.25) is 5.91 Å². The molecule has 0 saturated heterocycles. The topological polar surface area (TPSA) is 55.8 Å². The number of rotatable bonds is 8. The maximum atomic E-state index is 13.7. The van der Waals surface area contributed by atoms with Crippen molar-refractivity contribution in [3.05, 3.63) is 90.0 Å². The Bertz CT molecular complexity index is 1190. The standard InChI is InChI=1S/C31H33NO4/c1-35-29-18-16-26(17-19-29)25-14-11-24(12-15-25)22-32(31(34)27-8-4-3-5-9-27)28-10-6-7-23(21-28)13-20-30(33)36-2/h6-7,10-21,27H,3-5,8-9,22H2,1-2H3/b20-13+. The molecule has 5 heteroatoms. The van der Waals surface area contributed by atoms with E-state index in [0.29, 0.717) is 6.54 Å². The highest BCUT2D eigenvalue weighted by Crippen LogP contribution is 2.30. The number of hydrogen-bond acceptors (Lipinski definition) is 4. The zero-order valence-corrected chi connectivity index (χ0v) is 21.0. The second-order valence-electron chi connectivity index (χ2n) is 9.14. The zero-order valence-electron chi connectivity index (χ0n) is 21.0. The van der Waals surface area contributed by atoms with Crippen LogP contribution in [0.5, 0.6) is 5.75 Å². The van der Waals surface area contributed by atoms with Crippen molar-refractivity contribution in [2.24, 2.45) is 5.92 Å². The second-order valence-corrected chi connectivity index (χ2v) is 9.14. The summed E-state index contributed by atoms with van der Waals surface area (Å²) in [6.07, 6.45) is 8.38. The van der Waals surface area contributed by atoms with Crippen LogP contribution in [0.15, 0.2) is 78.9 Å². The van der Waals surface area contributed by atoms with E-state index in [0.717, 1.165) is 59.4 Å². The third kappa shape index (κ3) is 6.42. The van der Waals surface area contributed by atoms with Crippen LogP contribution in [0.25, 0.3) is 17.2 Å². The molecule has 1 amide bonds. The largest absolute Gasteiger partial charge is 0.497 e. The molecule has 1 aliphatic carbocycles. The number of amides is 1. The van der Waals surface area contributed by atoms with Crippen molar-refractivity contribution in [2.75, 3.05) is 19.1 Å². The van der Waals surface area contributed by atoms with Crippen LogP contribution in [0.2, 0.25) is 0 Å². The van der Waals surface area contributed by atoms with E-state index in [2.05, 4.69) is 24.3 Å². The van der Waals surface area contributed by atoms with E-state index >= 15 is 0 Å². The predicted molar refractivity (Wildman–Crippen MR) is 144 cm³/mol. The highest BCUT2D eigenvalue weighted by atomic mass is 16.5. The molecule has 4 rings (SSSR count). The number of ether oxygens (including phenoxy) is 2. The van der Waals surface area contributed by atoms with Crippen LogP contribution in [0.4, 0.5) is 5.69 Å². The average Bonchev–Trinajstić information content (AvgIpc) is 2.95. The molecule has 1 saturated carbocycles.